The number of nitrogens with one attached hydrogen (secondary N) is 1. The maximum atomic E-state index is 10.9. The molecule has 1 aromatic heterocycles. The molecule has 0 aliphatic heterocycles. The SMILES string of the molecule is O=C(CCl)NCCc1ccn(C2CCCC2)n1. The van der Waals surface area contributed by atoms with Crippen molar-refractivity contribution in [3.63, 3.8) is 0 Å². The number of carbonyl (C=O) groups is 1. The first-order valence-electron chi connectivity index (χ1n) is 6.16. The number of halogens is 1. The molecule has 4 nitrogen and oxygen atoms in total. The van der Waals surface area contributed by atoms with Gasteiger partial charge in [0.2, 0.25) is 5.91 Å². The summed E-state index contributed by atoms with van der Waals surface area (Å²) in [7, 11) is 0. The van der Waals surface area contributed by atoms with Crippen molar-refractivity contribution in [2.75, 3.05) is 12.4 Å². The van der Waals surface area contributed by atoms with E-state index in [1.54, 1.807) is 0 Å². The van der Waals surface area contributed by atoms with Gasteiger partial charge in [0.05, 0.1) is 11.7 Å². The molecule has 2 rings (SSSR count). The maximum Gasteiger partial charge on any atom is 0.234 e. The van der Waals surface area contributed by atoms with E-state index in [9.17, 15) is 4.79 Å². The quantitative estimate of drug-likeness (QED) is 0.817. The number of nitrogens with zero attached hydrogens (tertiary/aromatic N) is 2. The average Bonchev–Trinajstić information content (AvgIpc) is 2.98. The molecule has 0 radical (unpaired) electrons. The largest absolute Gasteiger partial charge is 0.355 e. The first-order chi connectivity index (χ1) is 8.29. The summed E-state index contributed by atoms with van der Waals surface area (Å²) in [6.07, 6.45) is 7.92. The Morgan fingerprint density at radius 2 is 2.29 bits per heavy atom. The fraction of sp³-hybridized carbons (Fsp3) is 0.667. The molecule has 1 heterocycles. The van der Waals surface area contributed by atoms with Gasteiger partial charge in [-0.2, -0.15) is 5.10 Å². The Balaban J connectivity index is 1.79. The lowest BCUT2D eigenvalue weighted by atomic mass is 10.3. The van der Waals surface area contributed by atoms with Gasteiger partial charge >= 0.3 is 0 Å². The third-order valence-corrected chi connectivity index (χ3v) is 3.43. The van der Waals surface area contributed by atoms with E-state index in [-0.39, 0.29) is 11.8 Å². The molecule has 0 spiro atoms. The summed E-state index contributed by atoms with van der Waals surface area (Å²) in [6, 6.07) is 2.62. The smallest absolute Gasteiger partial charge is 0.234 e. The zero-order valence-electron chi connectivity index (χ0n) is 9.86. The van der Waals surface area contributed by atoms with Crippen molar-refractivity contribution in [3.05, 3.63) is 18.0 Å². The second-order valence-corrected chi connectivity index (χ2v) is 4.73. The zero-order chi connectivity index (χ0) is 12.1. The molecule has 1 saturated carbocycles. The molecule has 1 aliphatic rings. The highest BCUT2D eigenvalue weighted by atomic mass is 35.5. The standard InChI is InChI=1S/C12H18ClN3O/c13-9-12(17)14-7-5-10-6-8-16(15-10)11-3-1-2-4-11/h6,8,11H,1-5,7,9H2,(H,14,17). The monoisotopic (exact) mass is 255 g/mol. The fourth-order valence-corrected chi connectivity index (χ4v) is 2.35. The van der Waals surface area contributed by atoms with Crippen molar-refractivity contribution in [1.29, 1.82) is 0 Å². The molecule has 0 saturated heterocycles. The molecule has 1 amide bonds. The molecule has 1 N–H and O–H groups in total. The highest BCUT2D eigenvalue weighted by molar-refractivity contribution is 6.27. The van der Waals surface area contributed by atoms with Crippen LogP contribution < -0.4 is 5.32 Å². The summed E-state index contributed by atoms with van der Waals surface area (Å²) in [5.74, 6) is -0.0989. The van der Waals surface area contributed by atoms with Crippen LogP contribution in [0.25, 0.3) is 0 Å². The number of alkyl halides is 1. The molecule has 0 aromatic carbocycles. The normalized spacial score (nSPS) is 16.3. The molecule has 1 fully saturated rings. The summed E-state index contributed by atoms with van der Waals surface area (Å²) < 4.78 is 2.08. The third kappa shape index (κ3) is 3.46. The highest BCUT2D eigenvalue weighted by Crippen LogP contribution is 2.28. The van der Waals surface area contributed by atoms with Gasteiger partial charge in [-0.1, -0.05) is 12.8 Å². The van der Waals surface area contributed by atoms with Gasteiger partial charge in [0.25, 0.3) is 0 Å². The van der Waals surface area contributed by atoms with E-state index in [0.29, 0.717) is 12.6 Å². The van der Waals surface area contributed by atoms with Crippen molar-refractivity contribution in [2.24, 2.45) is 0 Å². The van der Waals surface area contributed by atoms with Crippen LogP contribution in [0, 0.1) is 0 Å². The second kappa shape index (κ2) is 6.05. The summed E-state index contributed by atoms with van der Waals surface area (Å²) in [5, 5.41) is 7.29. The van der Waals surface area contributed by atoms with Crippen LogP contribution >= 0.6 is 11.6 Å². The second-order valence-electron chi connectivity index (χ2n) is 4.46. The number of carbonyl (C=O) groups excluding carboxylic acids is 1. The number of rotatable bonds is 5. The van der Waals surface area contributed by atoms with E-state index in [2.05, 4.69) is 21.3 Å². The van der Waals surface area contributed by atoms with Crippen molar-refractivity contribution in [1.82, 2.24) is 15.1 Å². The molecule has 1 aromatic rings. The van der Waals surface area contributed by atoms with Gasteiger partial charge in [-0.05, 0) is 18.9 Å². The van der Waals surface area contributed by atoms with Crippen molar-refractivity contribution >= 4 is 17.5 Å². The van der Waals surface area contributed by atoms with Crippen LogP contribution in [0.1, 0.15) is 37.4 Å². The fourth-order valence-electron chi connectivity index (χ4n) is 2.26. The predicted molar refractivity (Wildman–Crippen MR) is 67.2 cm³/mol. The minimum Gasteiger partial charge on any atom is -0.355 e. The van der Waals surface area contributed by atoms with Gasteiger partial charge < -0.3 is 5.32 Å². The van der Waals surface area contributed by atoms with E-state index in [1.165, 1.54) is 25.7 Å². The van der Waals surface area contributed by atoms with Gasteiger partial charge in [0.1, 0.15) is 5.88 Å². The summed E-state index contributed by atoms with van der Waals surface area (Å²) >= 11 is 5.39. The summed E-state index contributed by atoms with van der Waals surface area (Å²) in [6.45, 7) is 0.604. The maximum absolute atomic E-state index is 10.9. The Labute approximate surface area is 106 Å². The first kappa shape index (κ1) is 12.4. The van der Waals surface area contributed by atoms with Crippen molar-refractivity contribution in [3.8, 4) is 0 Å². The van der Waals surface area contributed by atoms with E-state index >= 15 is 0 Å². The molecule has 5 heteroatoms. The lowest BCUT2D eigenvalue weighted by molar-refractivity contribution is -0.118. The Morgan fingerprint density at radius 3 is 3.00 bits per heavy atom. The van der Waals surface area contributed by atoms with Gasteiger partial charge in [-0.15, -0.1) is 11.6 Å². The molecule has 0 unspecified atom stereocenters. The van der Waals surface area contributed by atoms with Crippen LogP contribution in [-0.4, -0.2) is 28.1 Å². The summed E-state index contributed by atoms with van der Waals surface area (Å²) in [5.41, 5.74) is 1.03. The van der Waals surface area contributed by atoms with E-state index in [4.69, 9.17) is 11.6 Å². The van der Waals surface area contributed by atoms with E-state index in [0.717, 1.165) is 12.1 Å². The van der Waals surface area contributed by atoms with Gasteiger partial charge in [0, 0.05) is 19.2 Å². The number of aromatic nitrogens is 2. The van der Waals surface area contributed by atoms with Crippen LogP contribution in [0.4, 0.5) is 0 Å². The topological polar surface area (TPSA) is 46.9 Å². The highest BCUT2D eigenvalue weighted by Gasteiger charge is 2.17. The molecule has 0 bridgehead atoms. The lowest BCUT2D eigenvalue weighted by Gasteiger charge is -2.08. The minimum absolute atomic E-state index is 0.0243. The first-order valence-corrected chi connectivity index (χ1v) is 6.70. The Bertz CT molecular complexity index is 372. The Morgan fingerprint density at radius 1 is 1.53 bits per heavy atom. The van der Waals surface area contributed by atoms with Crippen LogP contribution in [0.15, 0.2) is 12.3 Å². The molecule has 17 heavy (non-hydrogen) atoms. The van der Waals surface area contributed by atoms with Crippen LogP contribution in [0.5, 0.6) is 0 Å². The molecule has 1 aliphatic carbocycles. The molecular formula is C12H18ClN3O. The predicted octanol–water partition coefficient (Wildman–Crippen LogP) is 1.90. The van der Waals surface area contributed by atoms with Crippen LogP contribution in [0.2, 0.25) is 0 Å². The van der Waals surface area contributed by atoms with Crippen molar-refractivity contribution in [2.45, 2.75) is 38.1 Å². The average molecular weight is 256 g/mol. The van der Waals surface area contributed by atoms with E-state index < -0.39 is 0 Å². The lowest BCUT2D eigenvalue weighted by Crippen LogP contribution is -2.26. The van der Waals surface area contributed by atoms with Crippen LogP contribution in [0.3, 0.4) is 0 Å². The van der Waals surface area contributed by atoms with Gasteiger partial charge in [0.15, 0.2) is 0 Å². The van der Waals surface area contributed by atoms with Crippen LogP contribution in [-0.2, 0) is 11.2 Å². The number of hydrogen-bond acceptors (Lipinski definition) is 2. The van der Waals surface area contributed by atoms with Gasteiger partial charge in [-0.25, -0.2) is 0 Å². The zero-order valence-corrected chi connectivity index (χ0v) is 10.6. The van der Waals surface area contributed by atoms with Crippen molar-refractivity contribution < 1.29 is 4.79 Å². The molecular weight excluding hydrogens is 238 g/mol. The number of hydrogen-bond donors (Lipinski definition) is 1. The van der Waals surface area contributed by atoms with E-state index in [1.807, 2.05) is 6.07 Å². The summed E-state index contributed by atoms with van der Waals surface area (Å²) in [4.78, 5) is 10.9. The molecule has 0 atom stereocenters. The number of amides is 1. The Hall–Kier alpha value is -1.03. The Kier molecular flexibility index (Phi) is 4.42. The molecule has 94 valence electrons. The third-order valence-electron chi connectivity index (χ3n) is 3.19. The van der Waals surface area contributed by atoms with Gasteiger partial charge in [-0.3, -0.25) is 9.48 Å². The minimum atomic E-state index is -0.123.